The summed E-state index contributed by atoms with van der Waals surface area (Å²) < 4.78 is 5.41. The fourth-order valence-corrected chi connectivity index (χ4v) is 5.57. The molecule has 1 aliphatic carbocycles. The fraction of sp³-hybridized carbons (Fsp3) is 0.850. The van der Waals surface area contributed by atoms with E-state index in [1.807, 2.05) is 0 Å². The number of morpholine rings is 1. The fourth-order valence-electron chi connectivity index (χ4n) is 4.64. The molecule has 146 valence electrons. The minimum Gasteiger partial charge on any atom is -0.383 e. The lowest BCUT2D eigenvalue weighted by atomic mass is 9.86. The van der Waals surface area contributed by atoms with Gasteiger partial charge in [0.05, 0.1) is 25.5 Å². The van der Waals surface area contributed by atoms with E-state index >= 15 is 0 Å². The summed E-state index contributed by atoms with van der Waals surface area (Å²) >= 11 is 1.70. The molecule has 0 radical (unpaired) electrons. The predicted molar refractivity (Wildman–Crippen MR) is 104 cm³/mol. The van der Waals surface area contributed by atoms with Crippen LogP contribution in [-0.4, -0.2) is 65.8 Å². The van der Waals surface area contributed by atoms with Crippen molar-refractivity contribution in [2.45, 2.75) is 57.1 Å². The first-order valence-electron chi connectivity index (χ1n) is 10.4. The van der Waals surface area contributed by atoms with Crippen LogP contribution in [0.1, 0.15) is 55.6 Å². The number of aromatic nitrogens is 1. The zero-order valence-corrected chi connectivity index (χ0v) is 16.7. The summed E-state index contributed by atoms with van der Waals surface area (Å²) in [6.07, 6.45) is 8.68. The smallest absolute Gasteiger partial charge is 0.110 e. The Morgan fingerprint density at radius 2 is 1.81 bits per heavy atom. The number of nitrogens with zero attached hydrogens (tertiary/aromatic N) is 3. The van der Waals surface area contributed by atoms with Crippen molar-refractivity contribution in [3.05, 3.63) is 16.1 Å². The average Bonchev–Trinajstić information content (AvgIpc) is 3.15. The Kier molecular flexibility index (Phi) is 6.26. The van der Waals surface area contributed by atoms with E-state index in [1.54, 1.807) is 11.3 Å². The summed E-state index contributed by atoms with van der Waals surface area (Å²) in [5.41, 5.74) is 0.186. The molecule has 1 N–H and O–H groups in total. The summed E-state index contributed by atoms with van der Waals surface area (Å²) in [6.45, 7) is 7.72. The van der Waals surface area contributed by atoms with Crippen molar-refractivity contribution in [2.24, 2.45) is 5.92 Å². The van der Waals surface area contributed by atoms with E-state index in [0.29, 0.717) is 0 Å². The van der Waals surface area contributed by atoms with E-state index in [2.05, 4.69) is 15.2 Å². The van der Waals surface area contributed by atoms with Crippen molar-refractivity contribution >= 4 is 11.3 Å². The Hall–Kier alpha value is -0.530. The van der Waals surface area contributed by atoms with Gasteiger partial charge in [0.25, 0.3) is 0 Å². The van der Waals surface area contributed by atoms with Crippen molar-refractivity contribution in [2.75, 3.05) is 45.9 Å². The van der Waals surface area contributed by atoms with Crippen molar-refractivity contribution in [3.63, 3.8) is 0 Å². The minimum atomic E-state index is -0.719. The standard InChI is InChI=1S/C20H33N3O2S/c24-20(6-8-22(9-7-20)14-17-4-2-1-3-5-17)18-16-26-19(21-18)15-23-10-12-25-13-11-23/h16-17,24H,1-15H2. The van der Waals surface area contributed by atoms with Crippen LogP contribution in [0.4, 0.5) is 0 Å². The average molecular weight is 380 g/mol. The SMILES string of the molecule is OC1(c2csc(CN3CCOCC3)n2)CCN(CC2CCCCC2)CC1. The second kappa shape index (κ2) is 8.65. The van der Waals surface area contributed by atoms with E-state index in [-0.39, 0.29) is 0 Å². The Labute approximate surface area is 161 Å². The lowest BCUT2D eigenvalue weighted by molar-refractivity contribution is -0.0328. The maximum absolute atomic E-state index is 11.2. The number of aliphatic hydroxyl groups is 1. The van der Waals surface area contributed by atoms with Crippen LogP contribution in [0.3, 0.4) is 0 Å². The molecule has 0 unspecified atom stereocenters. The normalized spacial score (nSPS) is 26.2. The molecule has 1 aromatic rings. The molecule has 0 bridgehead atoms. The molecule has 0 amide bonds. The van der Waals surface area contributed by atoms with Crippen LogP contribution in [0.15, 0.2) is 5.38 Å². The number of ether oxygens (including phenoxy) is 1. The maximum atomic E-state index is 11.2. The molecule has 26 heavy (non-hydrogen) atoms. The van der Waals surface area contributed by atoms with Crippen molar-refractivity contribution in [1.82, 2.24) is 14.8 Å². The third-order valence-corrected chi connectivity index (χ3v) is 7.25. The third-order valence-electron chi connectivity index (χ3n) is 6.42. The summed E-state index contributed by atoms with van der Waals surface area (Å²) in [6, 6.07) is 0. The summed E-state index contributed by atoms with van der Waals surface area (Å²) in [5, 5.41) is 14.4. The number of hydrogen-bond donors (Lipinski definition) is 1. The molecule has 2 aliphatic heterocycles. The molecule has 3 heterocycles. The Bertz CT molecular complexity index is 559. The van der Waals surface area contributed by atoms with Crippen LogP contribution in [0.5, 0.6) is 0 Å². The second-order valence-electron chi connectivity index (χ2n) is 8.35. The van der Waals surface area contributed by atoms with Crippen LogP contribution in [0, 0.1) is 5.92 Å². The zero-order valence-electron chi connectivity index (χ0n) is 15.9. The van der Waals surface area contributed by atoms with Gasteiger partial charge >= 0.3 is 0 Å². The van der Waals surface area contributed by atoms with Crippen LogP contribution >= 0.6 is 11.3 Å². The highest BCUT2D eigenvalue weighted by atomic mass is 32.1. The molecule has 1 aromatic heterocycles. The minimum absolute atomic E-state index is 0.719. The van der Waals surface area contributed by atoms with E-state index in [1.165, 1.54) is 38.6 Å². The summed E-state index contributed by atoms with van der Waals surface area (Å²) in [4.78, 5) is 9.77. The first-order valence-corrected chi connectivity index (χ1v) is 11.3. The summed E-state index contributed by atoms with van der Waals surface area (Å²) in [7, 11) is 0. The predicted octanol–water partition coefficient (Wildman–Crippen LogP) is 2.84. The number of piperidine rings is 1. The van der Waals surface area contributed by atoms with Crippen LogP contribution in [0.2, 0.25) is 0 Å². The quantitative estimate of drug-likeness (QED) is 0.852. The Balaban J connectivity index is 1.29. The van der Waals surface area contributed by atoms with Gasteiger partial charge in [0.1, 0.15) is 10.6 Å². The number of rotatable bonds is 5. The second-order valence-corrected chi connectivity index (χ2v) is 9.29. The lowest BCUT2D eigenvalue weighted by Gasteiger charge is -2.39. The first kappa shape index (κ1) is 18.8. The molecule has 2 saturated heterocycles. The van der Waals surface area contributed by atoms with Crippen molar-refractivity contribution < 1.29 is 9.84 Å². The van der Waals surface area contributed by atoms with Crippen LogP contribution < -0.4 is 0 Å². The first-order chi connectivity index (χ1) is 12.7. The molecule has 3 aliphatic rings. The topological polar surface area (TPSA) is 48.8 Å². The van der Waals surface area contributed by atoms with Gasteiger partial charge in [-0.2, -0.15) is 0 Å². The molecule has 5 nitrogen and oxygen atoms in total. The molecular weight excluding hydrogens is 346 g/mol. The highest BCUT2D eigenvalue weighted by molar-refractivity contribution is 7.09. The third kappa shape index (κ3) is 4.65. The largest absolute Gasteiger partial charge is 0.383 e. The molecule has 1 saturated carbocycles. The highest BCUT2D eigenvalue weighted by Gasteiger charge is 2.36. The Morgan fingerprint density at radius 1 is 1.08 bits per heavy atom. The molecule has 0 spiro atoms. The maximum Gasteiger partial charge on any atom is 0.110 e. The van der Waals surface area contributed by atoms with Crippen molar-refractivity contribution in [1.29, 1.82) is 0 Å². The zero-order chi connectivity index (χ0) is 17.8. The van der Waals surface area contributed by atoms with Crippen molar-refractivity contribution in [3.8, 4) is 0 Å². The van der Waals surface area contributed by atoms with E-state index < -0.39 is 5.60 Å². The molecule has 3 fully saturated rings. The van der Waals surface area contributed by atoms with Gasteiger partial charge in [-0.1, -0.05) is 19.3 Å². The molecule has 6 heteroatoms. The van der Waals surface area contributed by atoms with Crippen LogP contribution in [-0.2, 0) is 16.9 Å². The van der Waals surface area contributed by atoms with Gasteiger partial charge in [0.2, 0.25) is 0 Å². The van der Waals surface area contributed by atoms with Gasteiger partial charge in [0, 0.05) is 38.1 Å². The van der Waals surface area contributed by atoms with E-state index in [0.717, 1.165) is 75.4 Å². The summed E-state index contributed by atoms with van der Waals surface area (Å²) in [5.74, 6) is 0.884. The van der Waals surface area contributed by atoms with Gasteiger partial charge in [-0.3, -0.25) is 4.90 Å². The van der Waals surface area contributed by atoms with E-state index in [9.17, 15) is 5.11 Å². The molecule has 4 rings (SSSR count). The van der Waals surface area contributed by atoms with Gasteiger partial charge in [-0.25, -0.2) is 4.98 Å². The highest BCUT2D eigenvalue weighted by Crippen LogP contribution is 2.35. The van der Waals surface area contributed by atoms with Gasteiger partial charge in [-0.15, -0.1) is 11.3 Å². The number of likely N-dealkylation sites (tertiary alicyclic amines) is 1. The monoisotopic (exact) mass is 379 g/mol. The van der Waals surface area contributed by atoms with E-state index in [4.69, 9.17) is 9.72 Å². The van der Waals surface area contributed by atoms with Gasteiger partial charge in [0.15, 0.2) is 0 Å². The number of hydrogen-bond acceptors (Lipinski definition) is 6. The van der Waals surface area contributed by atoms with Crippen LogP contribution in [0.25, 0.3) is 0 Å². The molecule has 0 aromatic carbocycles. The molecular formula is C20H33N3O2S. The molecule has 0 atom stereocenters. The number of thiazole rings is 1. The van der Waals surface area contributed by atoms with Gasteiger partial charge < -0.3 is 14.7 Å². The Morgan fingerprint density at radius 3 is 2.54 bits per heavy atom. The lowest BCUT2D eigenvalue weighted by Crippen LogP contribution is -2.44. The van der Waals surface area contributed by atoms with Gasteiger partial charge in [-0.05, 0) is 31.6 Å².